The maximum atomic E-state index is 12.4. The van der Waals surface area contributed by atoms with Crippen molar-refractivity contribution in [3.8, 4) is 0 Å². The molecule has 120 valence electrons. The zero-order chi connectivity index (χ0) is 16.2. The van der Waals surface area contributed by atoms with Crippen LogP contribution in [0.4, 0.5) is 0 Å². The highest BCUT2D eigenvalue weighted by atomic mass is 16.5. The summed E-state index contributed by atoms with van der Waals surface area (Å²) < 4.78 is 5.74. The maximum absolute atomic E-state index is 12.4. The predicted molar refractivity (Wildman–Crippen MR) is 83.0 cm³/mol. The lowest BCUT2D eigenvalue weighted by atomic mass is 9.99. The van der Waals surface area contributed by atoms with E-state index in [0.29, 0.717) is 38.1 Å². The van der Waals surface area contributed by atoms with Crippen LogP contribution in [0.3, 0.4) is 0 Å². The SMILES string of the molecule is CC[C@@]1(C)CN(C(=O)CCc2ccccc2C(=O)O)CCO1. The normalized spacial score (nSPS) is 21.6. The van der Waals surface area contributed by atoms with Crippen molar-refractivity contribution < 1.29 is 19.4 Å². The van der Waals surface area contributed by atoms with E-state index >= 15 is 0 Å². The molecular weight excluding hydrogens is 282 g/mol. The largest absolute Gasteiger partial charge is 0.478 e. The Morgan fingerprint density at radius 1 is 1.36 bits per heavy atom. The molecule has 2 rings (SSSR count). The molecule has 0 radical (unpaired) electrons. The van der Waals surface area contributed by atoms with Gasteiger partial charge in [-0.25, -0.2) is 4.79 Å². The van der Waals surface area contributed by atoms with Gasteiger partial charge in [-0.05, 0) is 31.4 Å². The lowest BCUT2D eigenvalue weighted by molar-refractivity contribution is -0.148. The summed E-state index contributed by atoms with van der Waals surface area (Å²) in [6.45, 7) is 5.84. The first-order valence-electron chi connectivity index (χ1n) is 7.68. The van der Waals surface area contributed by atoms with Crippen LogP contribution in [-0.4, -0.2) is 47.2 Å². The maximum Gasteiger partial charge on any atom is 0.335 e. The summed E-state index contributed by atoms with van der Waals surface area (Å²) in [6, 6.07) is 6.84. The van der Waals surface area contributed by atoms with Crippen LogP contribution in [-0.2, 0) is 16.0 Å². The Kier molecular flexibility index (Phi) is 5.19. The van der Waals surface area contributed by atoms with Crippen LogP contribution in [0.25, 0.3) is 0 Å². The first-order chi connectivity index (χ1) is 10.4. The number of amides is 1. The highest BCUT2D eigenvalue weighted by Gasteiger charge is 2.32. The number of aromatic carboxylic acids is 1. The standard InChI is InChI=1S/C17H23NO4/c1-3-17(2)12-18(10-11-22-17)15(19)9-8-13-6-4-5-7-14(13)16(20)21/h4-7H,3,8-12H2,1-2H3,(H,20,21)/t17-/m0/s1. The van der Waals surface area contributed by atoms with Crippen LogP contribution < -0.4 is 0 Å². The van der Waals surface area contributed by atoms with Crippen molar-refractivity contribution in [3.63, 3.8) is 0 Å². The molecule has 1 saturated heterocycles. The number of aryl methyl sites for hydroxylation is 1. The Balaban J connectivity index is 1.97. The first-order valence-corrected chi connectivity index (χ1v) is 7.68. The summed E-state index contributed by atoms with van der Waals surface area (Å²) in [6.07, 6.45) is 1.63. The van der Waals surface area contributed by atoms with Gasteiger partial charge in [0, 0.05) is 19.5 Å². The fourth-order valence-electron chi connectivity index (χ4n) is 2.70. The van der Waals surface area contributed by atoms with E-state index in [4.69, 9.17) is 9.84 Å². The molecule has 1 aromatic carbocycles. The molecule has 1 aromatic rings. The number of nitrogens with zero attached hydrogens (tertiary/aromatic N) is 1. The second-order valence-corrected chi connectivity index (χ2v) is 5.93. The number of rotatable bonds is 5. The number of hydrogen-bond donors (Lipinski definition) is 1. The number of morpholine rings is 1. The number of carbonyl (C=O) groups is 2. The monoisotopic (exact) mass is 305 g/mol. The number of hydrogen-bond acceptors (Lipinski definition) is 3. The quantitative estimate of drug-likeness (QED) is 0.906. The van der Waals surface area contributed by atoms with E-state index in [-0.39, 0.29) is 17.1 Å². The van der Waals surface area contributed by atoms with E-state index in [9.17, 15) is 9.59 Å². The van der Waals surface area contributed by atoms with Crippen molar-refractivity contribution in [2.45, 2.75) is 38.7 Å². The van der Waals surface area contributed by atoms with Gasteiger partial charge in [-0.1, -0.05) is 25.1 Å². The van der Waals surface area contributed by atoms with Gasteiger partial charge >= 0.3 is 5.97 Å². The zero-order valence-electron chi connectivity index (χ0n) is 13.2. The van der Waals surface area contributed by atoms with Gasteiger partial charge in [-0.2, -0.15) is 0 Å². The van der Waals surface area contributed by atoms with Gasteiger partial charge in [-0.15, -0.1) is 0 Å². The van der Waals surface area contributed by atoms with E-state index in [1.54, 1.807) is 24.3 Å². The summed E-state index contributed by atoms with van der Waals surface area (Å²) in [7, 11) is 0. The molecule has 1 amide bonds. The highest BCUT2D eigenvalue weighted by molar-refractivity contribution is 5.89. The third-order valence-electron chi connectivity index (χ3n) is 4.29. The molecule has 5 nitrogen and oxygen atoms in total. The number of ether oxygens (including phenoxy) is 1. The molecular formula is C17H23NO4. The predicted octanol–water partition coefficient (Wildman–Crippen LogP) is 2.34. The number of carboxylic acids is 1. The second kappa shape index (κ2) is 6.92. The van der Waals surface area contributed by atoms with Crippen molar-refractivity contribution in [3.05, 3.63) is 35.4 Å². The van der Waals surface area contributed by atoms with Crippen LogP contribution in [0.15, 0.2) is 24.3 Å². The molecule has 1 heterocycles. The van der Waals surface area contributed by atoms with Crippen LogP contribution in [0, 0.1) is 0 Å². The first kappa shape index (κ1) is 16.5. The minimum atomic E-state index is -0.951. The average molecular weight is 305 g/mol. The molecule has 0 aromatic heterocycles. The Labute approximate surface area is 130 Å². The fraction of sp³-hybridized carbons (Fsp3) is 0.529. The minimum Gasteiger partial charge on any atom is -0.478 e. The van der Waals surface area contributed by atoms with Crippen LogP contribution in [0.1, 0.15) is 42.6 Å². The Morgan fingerprint density at radius 3 is 2.77 bits per heavy atom. The van der Waals surface area contributed by atoms with E-state index in [1.165, 1.54) is 0 Å². The van der Waals surface area contributed by atoms with E-state index in [2.05, 4.69) is 6.92 Å². The van der Waals surface area contributed by atoms with Crippen LogP contribution >= 0.6 is 0 Å². The summed E-state index contributed by atoms with van der Waals surface area (Å²) >= 11 is 0. The molecule has 0 aliphatic carbocycles. The minimum absolute atomic E-state index is 0.0585. The van der Waals surface area contributed by atoms with Crippen LogP contribution in [0.5, 0.6) is 0 Å². The van der Waals surface area contributed by atoms with Gasteiger partial charge < -0.3 is 14.7 Å². The molecule has 0 bridgehead atoms. The van der Waals surface area contributed by atoms with Gasteiger partial charge in [0.15, 0.2) is 0 Å². The van der Waals surface area contributed by atoms with Gasteiger partial charge in [-0.3, -0.25) is 4.79 Å². The van der Waals surface area contributed by atoms with Crippen molar-refractivity contribution in [2.24, 2.45) is 0 Å². The average Bonchev–Trinajstić information content (AvgIpc) is 2.52. The summed E-state index contributed by atoms with van der Waals surface area (Å²) in [5.74, 6) is -0.892. The summed E-state index contributed by atoms with van der Waals surface area (Å²) in [5.41, 5.74) is 0.706. The lowest BCUT2D eigenvalue weighted by Crippen LogP contribution is -2.51. The molecule has 5 heteroatoms. The van der Waals surface area contributed by atoms with Crippen LogP contribution in [0.2, 0.25) is 0 Å². The molecule has 1 N–H and O–H groups in total. The lowest BCUT2D eigenvalue weighted by Gasteiger charge is -2.40. The number of carboxylic acid groups (broad SMARTS) is 1. The van der Waals surface area contributed by atoms with Crippen molar-refractivity contribution in [2.75, 3.05) is 19.7 Å². The molecule has 1 fully saturated rings. The number of benzene rings is 1. The van der Waals surface area contributed by atoms with Crippen molar-refractivity contribution >= 4 is 11.9 Å². The second-order valence-electron chi connectivity index (χ2n) is 5.93. The molecule has 0 unspecified atom stereocenters. The number of carbonyl (C=O) groups excluding carboxylic acids is 1. The molecule has 1 aliphatic rings. The van der Waals surface area contributed by atoms with E-state index < -0.39 is 5.97 Å². The van der Waals surface area contributed by atoms with E-state index in [0.717, 1.165) is 6.42 Å². The Bertz CT molecular complexity index is 557. The topological polar surface area (TPSA) is 66.8 Å². The molecule has 1 aliphatic heterocycles. The third-order valence-corrected chi connectivity index (χ3v) is 4.29. The third kappa shape index (κ3) is 3.85. The van der Waals surface area contributed by atoms with Gasteiger partial charge in [0.25, 0.3) is 0 Å². The zero-order valence-corrected chi connectivity index (χ0v) is 13.2. The van der Waals surface area contributed by atoms with Crippen molar-refractivity contribution in [1.82, 2.24) is 4.90 Å². The molecule has 1 atom stereocenters. The van der Waals surface area contributed by atoms with Gasteiger partial charge in [0.05, 0.1) is 17.8 Å². The van der Waals surface area contributed by atoms with Crippen molar-refractivity contribution in [1.29, 1.82) is 0 Å². The fourth-order valence-corrected chi connectivity index (χ4v) is 2.70. The summed E-state index contributed by atoms with van der Waals surface area (Å²) in [4.78, 5) is 25.4. The highest BCUT2D eigenvalue weighted by Crippen LogP contribution is 2.22. The Morgan fingerprint density at radius 2 is 2.09 bits per heavy atom. The summed E-state index contributed by atoms with van der Waals surface area (Å²) in [5, 5.41) is 9.17. The molecule has 0 spiro atoms. The molecule has 0 saturated carbocycles. The molecule has 22 heavy (non-hydrogen) atoms. The van der Waals surface area contributed by atoms with E-state index in [1.807, 2.05) is 11.8 Å². The smallest absolute Gasteiger partial charge is 0.335 e. The Hall–Kier alpha value is -1.88. The van der Waals surface area contributed by atoms with Gasteiger partial charge in [0.2, 0.25) is 5.91 Å². The van der Waals surface area contributed by atoms with Gasteiger partial charge in [0.1, 0.15) is 0 Å².